The van der Waals surface area contributed by atoms with Crippen molar-refractivity contribution in [2.75, 3.05) is 5.73 Å². The first-order chi connectivity index (χ1) is 8.56. The van der Waals surface area contributed by atoms with E-state index in [0.717, 1.165) is 33.1 Å². The summed E-state index contributed by atoms with van der Waals surface area (Å²) in [6.07, 6.45) is 0. The molecule has 2 N–H and O–H groups in total. The summed E-state index contributed by atoms with van der Waals surface area (Å²) in [6.45, 7) is 4.47. The molecule has 0 radical (unpaired) electrons. The Bertz CT molecular complexity index is 566. The van der Waals surface area contributed by atoms with Gasteiger partial charge in [0.2, 0.25) is 0 Å². The summed E-state index contributed by atoms with van der Waals surface area (Å²) in [6, 6.07) is 11.6. The molecule has 0 unspecified atom stereocenters. The number of anilines is 1. The van der Waals surface area contributed by atoms with Crippen LogP contribution in [0, 0.1) is 13.8 Å². The number of nitrogens with two attached hydrogens (primary N) is 1. The van der Waals surface area contributed by atoms with Gasteiger partial charge in [0, 0.05) is 10.7 Å². The smallest absolute Gasteiger partial charge is 0.123 e. The lowest BCUT2D eigenvalue weighted by Crippen LogP contribution is -1.99. The van der Waals surface area contributed by atoms with Crippen molar-refractivity contribution in [3.63, 3.8) is 0 Å². The fraction of sp³-hybridized carbons (Fsp3) is 0.200. The number of hydrogen-bond acceptors (Lipinski definition) is 2. The minimum atomic E-state index is 0.505. The first-order valence-corrected chi connectivity index (χ1v) is 6.18. The van der Waals surface area contributed by atoms with Crippen LogP contribution in [0.1, 0.15) is 16.7 Å². The van der Waals surface area contributed by atoms with E-state index in [-0.39, 0.29) is 0 Å². The number of nitrogen functional groups attached to an aromatic ring is 1. The minimum absolute atomic E-state index is 0.505. The van der Waals surface area contributed by atoms with Gasteiger partial charge in [0.1, 0.15) is 12.4 Å². The third-order valence-corrected chi connectivity index (χ3v) is 3.08. The Morgan fingerprint density at radius 1 is 1.11 bits per heavy atom. The van der Waals surface area contributed by atoms with Crippen LogP contribution in [0.5, 0.6) is 5.75 Å². The molecule has 0 bridgehead atoms. The first kappa shape index (κ1) is 12.8. The molecular formula is C15H16ClNO. The Balaban J connectivity index is 2.13. The van der Waals surface area contributed by atoms with E-state index in [2.05, 4.69) is 0 Å². The molecular weight excluding hydrogens is 246 g/mol. The standard InChI is InChI=1S/C15H16ClNO/c1-10-7-15(11(2)6-14(10)17)18-9-12-4-3-5-13(16)8-12/h3-8H,9,17H2,1-2H3. The zero-order chi connectivity index (χ0) is 13.1. The number of ether oxygens (including phenoxy) is 1. The van der Waals surface area contributed by atoms with Gasteiger partial charge >= 0.3 is 0 Å². The summed E-state index contributed by atoms with van der Waals surface area (Å²) in [4.78, 5) is 0. The van der Waals surface area contributed by atoms with E-state index in [4.69, 9.17) is 22.1 Å². The maximum absolute atomic E-state index is 5.93. The van der Waals surface area contributed by atoms with Crippen LogP contribution in [0.4, 0.5) is 5.69 Å². The van der Waals surface area contributed by atoms with Gasteiger partial charge in [-0.15, -0.1) is 0 Å². The van der Waals surface area contributed by atoms with E-state index >= 15 is 0 Å². The highest BCUT2D eigenvalue weighted by Gasteiger charge is 2.04. The van der Waals surface area contributed by atoms with Crippen LogP contribution in [0.15, 0.2) is 36.4 Å². The Morgan fingerprint density at radius 3 is 2.61 bits per heavy atom. The van der Waals surface area contributed by atoms with Crippen LogP contribution in [-0.4, -0.2) is 0 Å². The third-order valence-electron chi connectivity index (χ3n) is 2.85. The van der Waals surface area contributed by atoms with Gasteiger partial charge in [-0.3, -0.25) is 0 Å². The van der Waals surface area contributed by atoms with E-state index in [1.807, 2.05) is 50.2 Å². The van der Waals surface area contributed by atoms with Crippen molar-refractivity contribution in [1.82, 2.24) is 0 Å². The van der Waals surface area contributed by atoms with Crippen LogP contribution in [0.2, 0.25) is 5.02 Å². The summed E-state index contributed by atoms with van der Waals surface area (Å²) < 4.78 is 5.80. The summed E-state index contributed by atoms with van der Waals surface area (Å²) >= 11 is 5.93. The third kappa shape index (κ3) is 2.96. The summed E-state index contributed by atoms with van der Waals surface area (Å²) in [5.41, 5.74) is 9.76. The minimum Gasteiger partial charge on any atom is -0.489 e. The van der Waals surface area contributed by atoms with E-state index in [0.29, 0.717) is 6.61 Å². The largest absolute Gasteiger partial charge is 0.489 e. The summed E-state index contributed by atoms with van der Waals surface area (Å²) in [5.74, 6) is 0.863. The fourth-order valence-electron chi connectivity index (χ4n) is 1.76. The van der Waals surface area contributed by atoms with Crippen molar-refractivity contribution in [3.05, 3.63) is 58.1 Å². The van der Waals surface area contributed by atoms with Crippen molar-refractivity contribution >= 4 is 17.3 Å². The average molecular weight is 262 g/mol. The van der Waals surface area contributed by atoms with Gasteiger partial charge in [0.25, 0.3) is 0 Å². The predicted molar refractivity (Wildman–Crippen MR) is 76.1 cm³/mol. The highest BCUT2D eigenvalue weighted by Crippen LogP contribution is 2.25. The van der Waals surface area contributed by atoms with E-state index < -0.39 is 0 Å². The zero-order valence-electron chi connectivity index (χ0n) is 10.5. The topological polar surface area (TPSA) is 35.2 Å². The molecule has 0 amide bonds. The number of halogens is 1. The highest BCUT2D eigenvalue weighted by atomic mass is 35.5. The molecule has 94 valence electrons. The normalized spacial score (nSPS) is 10.4. The maximum atomic E-state index is 5.93. The van der Waals surface area contributed by atoms with Crippen molar-refractivity contribution in [2.24, 2.45) is 0 Å². The number of hydrogen-bond donors (Lipinski definition) is 1. The number of rotatable bonds is 3. The lowest BCUT2D eigenvalue weighted by atomic mass is 10.1. The number of benzene rings is 2. The molecule has 0 aliphatic rings. The summed E-state index contributed by atoms with van der Waals surface area (Å²) in [5, 5.41) is 0.723. The Labute approximate surface area is 112 Å². The average Bonchev–Trinajstić information content (AvgIpc) is 2.32. The fourth-order valence-corrected chi connectivity index (χ4v) is 1.97. The molecule has 2 aromatic carbocycles. The van der Waals surface area contributed by atoms with Crippen molar-refractivity contribution < 1.29 is 4.74 Å². The molecule has 0 atom stereocenters. The van der Waals surface area contributed by atoms with Gasteiger partial charge in [-0.2, -0.15) is 0 Å². The van der Waals surface area contributed by atoms with Crippen LogP contribution >= 0.6 is 11.6 Å². The van der Waals surface area contributed by atoms with E-state index in [1.165, 1.54) is 0 Å². The molecule has 2 rings (SSSR count). The van der Waals surface area contributed by atoms with Gasteiger partial charge in [0.15, 0.2) is 0 Å². The molecule has 0 aliphatic heterocycles. The van der Waals surface area contributed by atoms with Crippen LogP contribution < -0.4 is 10.5 Å². The van der Waals surface area contributed by atoms with Crippen molar-refractivity contribution in [2.45, 2.75) is 20.5 Å². The molecule has 0 spiro atoms. The Kier molecular flexibility index (Phi) is 3.78. The molecule has 0 aliphatic carbocycles. The molecule has 0 aromatic heterocycles. The molecule has 18 heavy (non-hydrogen) atoms. The highest BCUT2D eigenvalue weighted by molar-refractivity contribution is 6.30. The zero-order valence-corrected chi connectivity index (χ0v) is 11.3. The molecule has 2 aromatic rings. The van der Waals surface area contributed by atoms with E-state index in [1.54, 1.807) is 0 Å². The molecule has 0 fully saturated rings. The quantitative estimate of drug-likeness (QED) is 0.844. The SMILES string of the molecule is Cc1cc(OCc2cccc(Cl)c2)c(C)cc1N. The van der Waals surface area contributed by atoms with E-state index in [9.17, 15) is 0 Å². The molecule has 0 heterocycles. The Hall–Kier alpha value is -1.67. The number of aryl methyl sites for hydroxylation is 2. The first-order valence-electron chi connectivity index (χ1n) is 5.80. The van der Waals surface area contributed by atoms with Crippen LogP contribution in [-0.2, 0) is 6.61 Å². The second kappa shape index (κ2) is 5.32. The van der Waals surface area contributed by atoms with Gasteiger partial charge < -0.3 is 10.5 Å². The molecule has 2 nitrogen and oxygen atoms in total. The van der Waals surface area contributed by atoms with Crippen molar-refractivity contribution in [3.8, 4) is 5.75 Å². The Morgan fingerprint density at radius 2 is 1.89 bits per heavy atom. The molecule has 0 saturated heterocycles. The lowest BCUT2D eigenvalue weighted by molar-refractivity contribution is 0.304. The van der Waals surface area contributed by atoms with Crippen molar-refractivity contribution in [1.29, 1.82) is 0 Å². The van der Waals surface area contributed by atoms with Crippen LogP contribution in [0.25, 0.3) is 0 Å². The van der Waals surface area contributed by atoms with Gasteiger partial charge in [-0.25, -0.2) is 0 Å². The predicted octanol–water partition coefficient (Wildman–Crippen LogP) is 4.12. The molecule has 0 saturated carbocycles. The van der Waals surface area contributed by atoms with Gasteiger partial charge in [0.05, 0.1) is 0 Å². The van der Waals surface area contributed by atoms with Gasteiger partial charge in [-0.05, 0) is 54.8 Å². The summed E-state index contributed by atoms with van der Waals surface area (Å²) in [7, 11) is 0. The second-order valence-corrected chi connectivity index (χ2v) is 4.83. The molecule has 3 heteroatoms. The van der Waals surface area contributed by atoms with Gasteiger partial charge in [-0.1, -0.05) is 23.7 Å². The monoisotopic (exact) mass is 261 g/mol. The maximum Gasteiger partial charge on any atom is 0.123 e. The van der Waals surface area contributed by atoms with Crippen LogP contribution in [0.3, 0.4) is 0 Å². The second-order valence-electron chi connectivity index (χ2n) is 4.39. The lowest BCUT2D eigenvalue weighted by Gasteiger charge is -2.11.